The smallest absolute Gasteiger partial charge is 0.119 e. The molecule has 1 aromatic carbocycles. The van der Waals surface area contributed by atoms with E-state index in [1.807, 2.05) is 6.07 Å². The van der Waals surface area contributed by atoms with Crippen LogP contribution in [0.4, 0.5) is 0 Å². The average Bonchev–Trinajstić information content (AvgIpc) is 2.99. The lowest BCUT2D eigenvalue weighted by Crippen LogP contribution is -2.35. The molecule has 20 heavy (non-hydrogen) atoms. The molecule has 2 unspecified atom stereocenters. The fourth-order valence-corrected chi connectivity index (χ4v) is 2.09. The molecular formula is C15H20N2O3. The molecule has 1 aliphatic rings. The third-order valence-corrected chi connectivity index (χ3v) is 3.20. The molecule has 5 nitrogen and oxygen atoms in total. The fourth-order valence-electron chi connectivity index (χ4n) is 2.09. The molecule has 0 aliphatic carbocycles. The van der Waals surface area contributed by atoms with Crippen LogP contribution >= 0.6 is 0 Å². The van der Waals surface area contributed by atoms with Crippen molar-refractivity contribution in [2.24, 2.45) is 0 Å². The van der Waals surface area contributed by atoms with Crippen molar-refractivity contribution in [1.29, 1.82) is 5.26 Å². The van der Waals surface area contributed by atoms with E-state index in [1.54, 1.807) is 24.3 Å². The zero-order valence-electron chi connectivity index (χ0n) is 11.4. The molecule has 0 radical (unpaired) electrons. The number of nitrogens with one attached hydrogen (secondary N) is 1. The van der Waals surface area contributed by atoms with Gasteiger partial charge in [0, 0.05) is 19.7 Å². The van der Waals surface area contributed by atoms with Gasteiger partial charge in [0.05, 0.1) is 17.7 Å². The molecule has 2 N–H and O–H groups in total. The van der Waals surface area contributed by atoms with E-state index in [1.165, 1.54) is 0 Å². The average molecular weight is 276 g/mol. The summed E-state index contributed by atoms with van der Waals surface area (Å²) in [6.45, 7) is 2.32. The summed E-state index contributed by atoms with van der Waals surface area (Å²) in [4.78, 5) is 0. The van der Waals surface area contributed by atoms with Crippen LogP contribution in [-0.4, -0.2) is 43.6 Å². The van der Waals surface area contributed by atoms with Gasteiger partial charge in [-0.1, -0.05) is 0 Å². The number of nitrogens with zero attached hydrogens (tertiary/aromatic N) is 1. The first-order valence-corrected chi connectivity index (χ1v) is 6.91. The number of benzene rings is 1. The van der Waals surface area contributed by atoms with E-state index in [2.05, 4.69) is 5.32 Å². The highest BCUT2D eigenvalue weighted by Crippen LogP contribution is 2.12. The zero-order chi connectivity index (χ0) is 14.2. The van der Waals surface area contributed by atoms with Gasteiger partial charge in [-0.15, -0.1) is 0 Å². The molecule has 1 heterocycles. The minimum Gasteiger partial charge on any atom is -0.491 e. The number of nitriles is 1. The molecule has 0 amide bonds. The molecule has 2 atom stereocenters. The van der Waals surface area contributed by atoms with Gasteiger partial charge in [-0.3, -0.25) is 0 Å². The van der Waals surface area contributed by atoms with E-state index in [9.17, 15) is 5.11 Å². The van der Waals surface area contributed by atoms with Crippen LogP contribution in [-0.2, 0) is 4.74 Å². The van der Waals surface area contributed by atoms with Crippen LogP contribution in [0.2, 0.25) is 0 Å². The van der Waals surface area contributed by atoms with Crippen molar-refractivity contribution in [2.45, 2.75) is 25.0 Å². The summed E-state index contributed by atoms with van der Waals surface area (Å²) in [5.74, 6) is 0.655. The summed E-state index contributed by atoms with van der Waals surface area (Å²) in [6.07, 6.45) is 1.93. The van der Waals surface area contributed by atoms with E-state index in [0.29, 0.717) is 17.9 Å². The molecule has 1 aliphatic heterocycles. The Labute approximate surface area is 119 Å². The summed E-state index contributed by atoms with van der Waals surface area (Å²) in [6, 6.07) is 8.89. The normalized spacial score (nSPS) is 19.5. The highest BCUT2D eigenvalue weighted by atomic mass is 16.5. The highest BCUT2D eigenvalue weighted by molar-refractivity contribution is 5.34. The Balaban J connectivity index is 1.61. The molecule has 0 aromatic heterocycles. The van der Waals surface area contributed by atoms with Gasteiger partial charge < -0.3 is 19.9 Å². The first kappa shape index (κ1) is 14.8. The van der Waals surface area contributed by atoms with Crippen LogP contribution < -0.4 is 10.1 Å². The Kier molecular flexibility index (Phi) is 5.81. The van der Waals surface area contributed by atoms with Crippen LogP contribution in [0.15, 0.2) is 24.3 Å². The molecule has 0 saturated carbocycles. The van der Waals surface area contributed by atoms with Gasteiger partial charge in [-0.05, 0) is 37.1 Å². The number of aliphatic hydroxyl groups is 1. The van der Waals surface area contributed by atoms with Crippen molar-refractivity contribution in [3.63, 3.8) is 0 Å². The van der Waals surface area contributed by atoms with Crippen LogP contribution in [0.3, 0.4) is 0 Å². The van der Waals surface area contributed by atoms with Crippen molar-refractivity contribution >= 4 is 0 Å². The Hall–Kier alpha value is -1.61. The Morgan fingerprint density at radius 2 is 2.25 bits per heavy atom. The summed E-state index contributed by atoms with van der Waals surface area (Å²) in [5, 5.41) is 21.7. The van der Waals surface area contributed by atoms with Gasteiger partial charge in [0.25, 0.3) is 0 Å². The first-order chi connectivity index (χ1) is 9.78. The Bertz CT molecular complexity index is 435. The van der Waals surface area contributed by atoms with E-state index in [-0.39, 0.29) is 12.7 Å². The topological polar surface area (TPSA) is 74.5 Å². The van der Waals surface area contributed by atoms with Crippen LogP contribution in [0.5, 0.6) is 5.75 Å². The second-order valence-corrected chi connectivity index (χ2v) is 4.89. The second-order valence-electron chi connectivity index (χ2n) is 4.89. The Morgan fingerprint density at radius 1 is 1.45 bits per heavy atom. The number of hydrogen-bond donors (Lipinski definition) is 2. The lowest BCUT2D eigenvalue weighted by Gasteiger charge is -2.15. The van der Waals surface area contributed by atoms with Gasteiger partial charge in [0.15, 0.2) is 0 Å². The largest absolute Gasteiger partial charge is 0.491 e. The SMILES string of the molecule is N#Cc1ccc(OCC(O)CNCC2CCCO2)cc1. The molecular weight excluding hydrogens is 256 g/mol. The standard InChI is InChI=1S/C15H20N2O3/c16-8-12-3-5-14(6-4-12)20-11-13(18)9-17-10-15-2-1-7-19-15/h3-6,13,15,17-18H,1-2,7,9-11H2. The van der Waals surface area contributed by atoms with Gasteiger partial charge in [-0.25, -0.2) is 0 Å². The quantitative estimate of drug-likeness (QED) is 0.779. The van der Waals surface area contributed by atoms with Gasteiger partial charge in [0.2, 0.25) is 0 Å². The third-order valence-electron chi connectivity index (χ3n) is 3.20. The molecule has 1 aromatic rings. The minimum absolute atomic E-state index is 0.227. The first-order valence-electron chi connectivity index (χ1n) is 6.91. The summed E-state index contributed by atoms with van der Waals surface area (Å²) in [7, 11) is 0. The van der Waals surface area contributed by atoms with Crippen molar-refractivity contribution in [3.05, 3.63) is 29.8 Å². The van der Waals surface area contributed by atoms with Crippen LogP contribution in [0.1, 0.15) is 18.4 Å². The zero-order valence-corrected chi connectivity index (χ0v) is 11.4. The van der Waals surface area contributed by atoms with Crippen molar-refractivity contribution in [2.75, 3.05) is 26.3 Å². The molecule has 1 saturated heterocycles. The summed E-state index contributed by atoms with van der Waals surface area (Å²) in [5.41, 5.74) is 0.594. The van der Waals surface area contributed by atoms with Gasteiger partial charge >= 0.3 is 0 Å². The predicted octanol–water partition coefficient (Wildman–Crippen LogP) is 1.07. The molecule has 5 heteroatoms. The second kappa shape index (κ2) is 7.85. The van der Waals surface area contributed by atoms with Crippen LogP contribution in [0.25, 0.3) is 0 Å². The maximum absolute atomic E-state index is 9.80. The molecule has 0 spiro atoms. The van der Waals surface area contributed by atoms with Gasteiger partial charge in [-0.2, -0.15) is 5.26 Å². The van der Waals surface area contributed by atoms with Crippen LogP contribution in [0, 0.1) is 11.3 Å². The minimum atomic E-state index is -0.563. The third kappa shape index (κ3) is 4.82. The molecule has 2 rings (SSSR count). The highest BCUT2D eigenvalue weighted by Gasteiger charge is 2.15. The van der Waals surface area contributed by atoms with E-state index < -0.39 is 6.10 Å². The molecule has 1 fully saturated rings. The van der Waals surface area contributed by atoms with Gasteiger partial charge in [0.1, 0.15) is 18.5 Å². The Morgan fingerprint density at radius 3 is 2.90 bits per heavy atom. The number of ether oxygens (including phenoxy) is 2. The summed E-state index contributed by atoms with van der Waals surface area (Å²) >= 11 is 0. The van der Waals surface area contributed by atoms with Crippen molar-refractivity contribution < 1.29 is 14.6 Å². The molecule has 108 valence electrons. The van der Waals surface area contributed by atoms with E-state index >= 15 is 0 Å². The van der Waals surface area contributed by atoms with E-state index in [0.717, 1.165) is 26.0 Å². The van der Waals surface area contributed by atoms with Crippen molar-refractivity contribution in [1.82, 2.24) is 5.32 Å². The maximum atomic E-state index is 9.80. The fraction of sp³-hybridized carbons (Fsp3) is 0.533. The lowest BCUT2D eigenvalue weighted by molar-refractivity contribution is 0.0882. The van der Waals surface area contributed by atoms with E-state index in [4.69, 9.17) is 14.7 Å². The number of rotatable bonds is 7. The maximum Gasteiger partial charge on any atom is 0.119 e. The number of aliphatic hydroxyl groups excluding tert-OH is 1. The monoisotopic (exact) mass is 276 g/mol. The van der Waals surface area contributed by atoms with Crippen molar-refractivity contribution in [3.8, 4) is 11.8 Å². The molecule has 0 bridgehead atoms. The lowest BCUT2D eigenvalue weighted by atomic mass is 10.2. The summed E-state index contributed by atoms with van der Waals surface area (Å²) < 4.78 is 10.9. The predicted molar refractivity (Wildman–Crippen MR) is 74.5 cm³/mol. The number of hydrogen-bond acceptors (Lipinski definition) is 5.